The van der Waals surface area contributed by atoms with E-state index >= 15 is 0 Å². The molecule has 1 fully saturated rings. The lowest BCUT2D eigenvalue weighted by Gasteiger charge is -2.41. The Morgan fingerprint density at radius 1 is 1.22 bits per heavy atom. The molecule has 5 nitrogen and oxygen atoms in total. The summed E-state index contributed by atoms with van der Waals surface area (Å²) in [6.07, 6.45) is 1.74. The Morgan fingerprint density at radius 3 is 2.65 bits per heavy atom. The molecule has 3 rings (SSSR count). The van der Waals surface area contributed by atoms with E-state index in [0.717, 1.165) is 25.3 Å². The van der Waals surface area contributed by atoms with E-state index in [4.69, 9.17) is 0 Å². The molecule has 1 aliphatic rings. The fourth-order valence-corrected chi connectivity index (χ4v) is 3.25. The molecule has 0 N–H and O–H groups in total. The first-order chi connectivity index (χ1) is 11.1. The molecule has 122 valence electrons. The predicted octanol–water partition coefficient (Wildman–Crippen LogP) is 2.24. The molecule has 0 spiro atoms. The zero-order valence-electron chi connectivity index (χ0n) is 14.1. The van der Waals surface area contributed by atoms with E-state index in [2.05, 4.69) is 48.1 Å². The Morgan fingerprint density at radius 2 is 2.00 bits per heavy atom. The minimum Gasteiger partial charge on any atom is -0.367 e. The van der Waals surface area contributed by atoms with Gasteiger partial charge in [-0.2, -0.15) is 5.10 Å². The summed E-state index contributed by atoms with van der Waals surface area (Å²) in [5.41, 5.74) is 3.57. The third-order valence-electron chi connectivity index (χ3n) is 4.62. The fourth-order valence-electron chi connectivity index (χ4n) is 3.25. The maximum Gasteiger partial charge on any atom is 0.244 e. The molecule has 5 heteroatoms. The van der Waals surface area contributed by atoms with Gasteiger partial charge in [0.1, 0.15) is 6.54 Å². The Labute approximate surface area is 137 Å². The largest absolute Gasteiger partial charge is 0.367 e. The maximum atomic E-state index is 12.6. The quantitative estimate of drug-likeness (QED) is 0.873. The zero-order chi connectivity index (χ0) is 16.4. The molecule has 2 heterocycles. The van der Waals surface area contributed by atoms with Gasteiger partial charge in [0, 0.05) is 43.3 Å². The van der Waals surface area contributed by atoms with Crippen LogP contribution in [0.4, 0.5) is 5.69 Å². The van der Waals surface area contributed by atoms with Gasteiger partial charge < -0.3 is 9.80 Å². The van der Waals surface area contributed by atoms with E-state index in [9.17, 15) is 4.79 Å². The number of anilines is 1. The summed E-state index contributed by atoms with van der Waals surface area (Å²) in [6.45, 7) is 9.06. The molecule has 0 radical (unpaired) electrons. The molecular formula is C18H24N4O. The molecule has 0 bridgehead atoms. The summed E-state index contributed by atoms with van der Waals surface area (Å²) in [5.74, 6) is 0.147. The lowest BCUT2D eigenvalue weighted by molar-refractivity contribution is -0.134. The van der Waals surface area contributed by atoms with E-state index < -0.39 is 0 Å². The summed E-state index contributed by atoms with van der Waals surface area (Å²) in [6, 6.07) is 10.6. The van der Waals surface area contributed by atoms with Crippen molar-refractivity contribution in [3.63, 3.8) is 0 Å². The lowest BCUT2D eigenvalue weighted by atomic mass is 10.1. The monoisotopic (exact) mass is 312 g/mol. The number of aryl methyl sites for hydroxylation is 2. The summed E-state index contributed by atoms with van der Waals surface area (Å²) in [5, 5.41) is 4.21. The minimum atomic E-state index is 0.147. The van der Waals surface area contributed by atoms with Gasteiger partial charge in [-0.1, -0.05) is 18.2 Å². The van der Waals surface area contributed by atoms with E-state index in [1.807, 2.05) is 17.9 Å². The van der Waals surface area contributed by atoms with E-state index in [0.29, 0.717) is 6.54 Å². The first-order valence-electron chi connectivity index (χ1n) is 8.14. The third-order valence-corrected chi connectivity index (χ3v) is 4.62. The Bertz CT molecular complexity index is 694. The molecule has 1 atom stereocenters. The summed E-state index contributed by atoms with van der Waals surface area (Å²) in [7, 11) is 0. The molecule has 1 aromatic heterocycles. The van der Waals surface area contributed by atoms with Gasteiger partial charge in [0.05, 0.1) is 0 Å². The van der Waals surface area contributed by atoms with Gasteiger partial charge in [-0.05, 0) is 38.5 Å². The molecule has 1 saturated heterocycles. The van der Waals surface area contributed by atoms with Crippen LogP contribution in [-0.2, 0) is 11.3 Å². The number of hydrogen-bond acceptors (Lipinski definition) is 3. The Kier molecular flexibility index (Phi) is 4.37. The van der Waals surface area contributed by atoms with Crippen molar-refractivity contribution in [3.8, 4) is 0 Å². The average Bonchev–Trinajstić information content (AvgIpc) is 2.92. The number of benzene rings is 1. The van der Waals surface area contributed by atoms with Crippen molar-refractivity contribution in [1.82, 2.24) is 14.7 Å². The molecule has 2 aromatic rings. The third kappa shape index (κ3) is 3.23. The van der Waals surface area contributed by atoms with Crippen LogP contribution in [0, 0.1) is 13.8 Å². The van der Waals surface area contributed by atoms with Gasteiger partial charge in [0.25, 0.3) is 0 Å². The zero-order valence-corrected chi connectivity index (χ0v) is 14.1. The van der Waals surface area contributed by atoms with Crippen molar-refractivity contribution < 1.29 is 4.79 Å². The molecule has 0 unspecified atom stereocenters. The predicted molar refractivity (Wildman–Crippen MR) is 91.5 cm³/mol. The number of aromatic nitrogens is 2. The van der Waals surface area contributed by atoms with Crippen LogP contribution in [0.2, 0.25) is 0 Å². The van der Waals surface area contributed by atoms with Crippen molar-refractivity contribution >= 4 is 11.6 Å². The Balaban J connectivity index is 1.66. The smallest absolute Gasteiger partial charge is 0.244 e. The Hall–Kier alpha value is -2.30. The van der Waals surface area contributed by atoms with Crippen molar-refractivity contribution in [1.29, 1.82) is 0 Å². The number of piperazine rings is 1. The van der Waals surface area contributed by atoms with E-state index in [1.165, 1.54) is 11.3 Å². The van der Waals surface area contributed by atoms with Crippen LogP contribution < -0.4 is 4.90 Å². The molecule has 1 amide bonds. The topological polar surface area (TPSA) is 41.4 Å². The number of para-hydroxylation sites is 1. The number of carbonyl (C=O) groups excluding carboxylic acids is 1. The highest BCUT2D eigenvalue weighted by atomic mass is 16.2. The normalized spacial score (nSPS) is 18.3. The van der Waals surface area contributed by atoms with Crippen molar-refractivity contribution in [2.24, 2.45) is 0 Å². The average molecular weight is 312 g/mol. The van der Waals surface area contributed by atoms with Gasteiger partial charge in [-0.25, -0.2) is 0 Å². The lowest BCUT2D eigenvalue weighted by Crippen LogP contribution is -2.55. The van der Waals surface area contributed by atoms with Crippen LogP contribution in [0.15, 0.2) is 36.5 Å². The molecule has 0 aliphatic carbocycles. The van der Waals surface area contributed by atoms with Crippen LogP contribution in [0.25, 0.3) is 0 Å². The highest BCUT2D eigenvalue weighted by molar-refractivity contribution is 5.76. The number of nitrogens with zero attached hydrogens (tertiary/aromatic N) is 4. The van der Waals surface area contributed by atoms with Gasteiger partial charge in [-0.3, -0.25) is 9.48 Å². The summed E-state index contributed by atoms with van der Waals surface area (Å²) >= 11 is 0. The first-order valence-corrected chi connectivity index (χ1v) is 8.14. The molecule has 1 aromatic carbocycles. The SMILES string of the molecule is Cc1ccccc1N1CCN(C(=O)Cn2nccc2C)[C@H](C)C1. The van der Waals surface area contributed by atoms with E-state index in [-0.39, 0.29) is 11.9 Å². The van der Waals surface area contributed by atoms with Gasteiger partial charge >= 0.3 is 0 Å². The molecule has 0 saturated carbocycles. The second kappa shape index (κ2) is 6.44. The first kappa shape index (κ1) is 15.6. The van der Waals surface area contributed by atoms with Gasteiger partial charge in [-0.15, -0.1) is 0 Å². The summed E-state index contributed by atoms with van der Waals surface area (Å²) in [4.78, 5) is 16.9. The standard InChI is InChI=1S/C18H24N4O/c1-14-6-4-5-7-17(14)20-10-11-21(16(3)12-20)18(23)13-22-15(2)8-9-19-22/h4-9,16H,10-13H2,1-3H3/t16-/m1/s1. The van der Waals surface area contributed by atoms with Crippen LogP contribution in [0.3, 0.4) is 0 Å². The van der Waals surface area contributed by atoms with Crippen molar-refractivity contribution in [3.05, 3.63) is 47.8 Å². The van der Waals surface area contributed by atoms with Crippen LogP contribution in [-0.4, -0.2) is 46.3 Å². The highest BCUT2D eigenvalue weighted by Gasteiger charge is 2.28. The number of carbonyl (C=O) groups is 1. The molecule has 1 aliphatic heterocycles. The second-order valence-corrected chi connectivity index (χ2v) is 6.30. The second-order valence-electron chi connectivity index (χ2n) is 6.30. The molecule has 23 heavy (non-hydrogen) atoms. The van der Waals surface area contributed by atoms with Gasteiger partial charge in [0.15, 0.2) is 0 Å². The van der Waals surface area contributed by atoms with Crippen LogP contribution in [0.5, 0.6) is 0 Å². The van der Waals surface area contributed by atoms with Crippen LogP contribution >= 0.6 is 0 Å². The summed E-state index contributed by atoms with van der Waals surface area (Å²) < 4.78 is 1.77. The number of amides is 1. The fraction of sp³-hybridized carbons (Fsp3) is 0.444. The van der Waals surface area contributed by atoms with Crippen molar-refractivity contribution in [2.75, 3.05) is 24.5 Å². The van der Waals surface area contributed by atoms with Gasteiger partial charge in [0.2, 0.25) is 5.91 Å². The molecular weight excluding hydrogens is 288 g/mol. The number of hydrogen-bond donors (Lipinski definition) is 0. The minimum absolute atomic E-state index is 0.147. The van der Waals surface area contributed by atoms with Crippen molar-refractivity contribution in [2.45, 2.75) is 33.4 Å². The highest BCUT2D eigenvalue weighted by Crippen LogP contribution is 2.23. The van der Waals surface area contributed by atoms with E-state index in [1.54, 1.807) is 10.9 Å². The number of rotatable bonds is 3. The maximum absolute atomic E-state index is 12.6. The van der Waals surface area contributed by atoms with Crippen LogP contribution in [0.1, 0.15) is 18.2 Å².